The van der Waals surface area contributed by atoms with Gasteiger partial charge in [0, 0.05) is 18.6 Å². The summed E-state index contributed by atoms with van der Waals surface area (Å²) in [6, 6.07) is 0. The van der Waals surface area contributed by atoms with E-state index in [0.717, 1.165) is 13.1 Å². The van der Waals surface area contributed by atoms with E-state index < -0.39 is 0 Å². The van der Waals surface area contributed by atoms with Gasteiger partial charge in [0.25, 0.3) is 0 Å². The van der Waals surface area contributed by atoms with Crippen molar-refractivity contribution >= 4 is 0 Å². The Morgan fingerprint density at radius 2 is 1.83 bits per heavy atom. The first-order chi connectivity index (χ1) is 8.44. The van der Waals surface area contributed by atoms with E-state index in [1.54, 1.807) is 0 Å². The third kappa shape index (κ3) is 3.25. The van der Waals surface area contributed by atoms with Crippen molar-refractivity contribution in [1.29, 1.82) is 0 Å². The average molecular weight is 254 g/mol. The molecule has 0 aromatic rings. The molecule has 1 saturated carbocycles. The molecule has 2 aliphatic rings. The smallest absolute Gasteiger partial charge is 0.0707 e. The van der Waals surface area contributed by atoms with Gasteiger partial charge in [0.15, 0.2) is 0 Å². The SMILES string of the molecule is CN(C)C1(CNCC2CCC(C)(C)O2)CCCC1. The molecular weight excluding hydrogens is 224 g/mol. The van der Waals surface area contributed by atoms with Gasteiger partial charge in [-0.3, -0.25) is 0 Å². The van der Waals surface area contributed by atoms with E-state index in [9.17, 15) is 0 Å². The van der Waals surface area contributed by atoms with E-state index >= 15 is 0 Å². The van der Waals surface area contributed by atoms with Crippen LogP contribution in [-0.2, 0) is 4.74 Å². The lowest BCUT2D eigenvalue weighted by Crippen LogP contribution is -2.50. The quantitative estimate of drug-likeness (QED) is 0.815. The molecule has 106 valence electrons. The minimum atomic E-state index is 0.0962. The summed E-state index contributed by atoms with van der Waals surface area (Å²) in [5, 5.41) is 3.66. The lowest BCUT2D eigenvalue weighted by Gasteiger charge is -2.37. The molecule has 3 heteroatoms. The average Bonchev–Trinajstić information content (AvgIpc) is 2.86. The molecule has 0 aromatic carbocycles. The molecular formula is C15H30N2O. The van der Waals surface area contributed by atoms with Crippen LogP contribution in [0.1, 0.15) is 52.4 Å². The van der Waals surface area contributed by atoms with E-state index in [1.165, 1.54) is 38.5 Å². The van der Waals surface area contributed by atoms with Gasteiger partial charge in [0.2, 0.25) is 0 Å². The van der Waals surface area contributed by atoms with Crippen LogP contribution in [0.3, 0.4) is 0 Å². The summed E-state index contributed by atoms with van der Waals surface area (Å²) < 4.78 is 6.03. The van der Waals surface area contributed by atoms with E-state index in [2.05, 4.69) is 38.2 Å². The standard InChI is InChI=1S/C15H30N2O/c1-14(2)10-7-13(18-14)11-16-12-15(17(3)4)8-5-6-9-15/h13,16H,5-12H2,1-4H3. The van der Waals surface area contributed by atoms with Crippen molar-refractivity contribution in [1.82, 2.24) is 10.2 Å². The Morgan fingerprint density at radius 3 is 2.33 bits per heavy atom. The molecule has 18 heavy (non-hydrogen) atoms. The highest BCUT2D eigenvalue weighted by Gasteiger charge is 2.36. The zero-order valence-electron chi connectivity index (χ0n) is 12.6. The van der Waals surface area contributed by atoms with E-state index in [1.807, 2.05) is 0 Å². The maximum atomic E-state index is 6.03. The first kappa shape index (κ1) is 14.3. The Kier molecular flexibility index (Phi) is 4.35. The molecule has 0 bridgehead atoms. The van der Waals surface area contributed by atoms with Gasteiger partial charge in [-0.2, -0.15) is 0 Å². The van der Waals surface area contributed by atoms with Crippen molar-refractivity contribution in [2.24, 2.45) is 0 Å². The second kappa shape index (κ2) is 5.48. The summed E-state index contributed by atoms with van der Waals surface area (Å²) in [7, 11) is 4.45. The van der Waals surface area contributed by atoms with Gasteiger partial charge in [-0.15, -0.1) is 0 Å². The third-order valence-corrected chi connectivity index (χ3v) is 4.86. The summed E-state index contributed by atoms with van der Waals surface area (Å²) in [5.41, 5.74) is 0.493. The second-order valence-electron chi connectivity index (χ2n) is 7.00. The van der Waals surface area contributed by atoms with Crippen LogP contribution in [0.25, 0.3) is 0 Å². The van der Waals surface area contributed by atoms with Gasteiger partial charge < -0.3 is 15.0 Å². The Morgan fingerprint density at radius 1 is 1.17 bits per heavy atom. The first-order valence-electron chi connectivity index (χ1n) is 7.50. The number of nitrogens with zero attached hydrogens (tertiary/aromatic N) is 1. The summed E-state index contributed by atoms with van der Waals surface area (Å²) in [6.07, 6.45) is 8.25. The maximum Gasteiger partial charge on any atom is 0.0707 e. The molecule has 0 spiro atoms. The number of ether oxygens (including phenoxy) is 1. The lowest BCUT2D eigenvalue weighted by molar-refractivity contribution is -0.0154. The molecule has 0 radical (unpaired) electrons. The highest BCUT2D eigenvalue weighted by molar-refractivity contribution is 4.95. The molecule has 1 unspecified atom stereocenters. The monoisotopic (exact) mass is 254 g/mol. The summed E-state index contributed by atoms with van der Waals surface area (Å²) >= 11 is 0. The van der Waals surface area contributed by atoms with Crippen LogP contribution in [-0.4, -0.2) is 49.3 Å². The molecule has 1 aliphatic heterocycles. The molecule has 3 nitrogen and oxygen atoms in total. The van der Waals surface area contributed by atoms with Crippen LogP contribution in [0, 0.1) is 0 Å². The van der Waals surface area contributed by atoms with E-state index in [0.29, 0.717) is 11.6 Å². The van der Waals surface area contributed by atoms with Gasteiger partial charge in [0.05, 0.1) is 11.7 Å². The lowest BCUT2D eigenvalue weighted by atomic mass is 9.96. The van der Waals surface area contributed by atoms with Crippen molar-refractivity contribution < 1.29 is 4.74 Å². The highest BCUT2D eigenvalue weighted by atomic mass is 16.5. The predicted octanol–water partition coefficient (Wildman–Crippen LogP) is 2.41. The van der Waals surface area contributed by atoms with Crippen LogP contribution in [0.15, 0.2) is 0 Å². The molecule has 2 fully saturated rings. The molecule has 0 amide bonds. The number of likely N-dealkylation sites (N-methyl/N-ethyl adjacent to an activating group) is 1. The fourth-order valence-electron chi connectivity index (χ4n) is 3.50. The Bertz CT molecular complexity index is 270. The number of hydrogen-bond acceptors (Lipinski definition) is 3. The zero-order valence-corrected chi connectivity index (χ0v) is 12.6. The van der Waals surface area contributed by atoms with Crippen LogP contribution in [0.4, 0.5) is 0 Å². The summed E-state index contributed by atoms with van der Waals surface area (Å²) in [6.45, 7) is 6.52. The number of rotatable bonds is 5. The van der Waals surface area contributed by atoms with Crippen molar-refractivity contribution in [2.45, 2.75) is 69.6 Å². The Balaban J connectivity index is 1.74. The minimum Gasteiger partial charge on any atom is -0.371 e. The largest absolute Gasteiger partial charge is 0.371 e. The topological polar surface area (TPSA) is 24.5 Å². The van der Waals surface area contributed by atoms with E-state index in [-0.39, 0.29) is 5.60 Å². The van der Waals surface area contributed by atoms with Crippen molar-refractivity contribution in [3.8, 4) is 0 Å². The summed E-state index contributed by atoms with van der Waals surface area (Å²) in [4.78, 5) is 2.42. The van der Waals surface area contributed by atoms with Crippen molar-refractivity contribution in [2.75, 3.05) is 27.2 Å². The van der Waals surface area contributed by atoms with E-state index in [4.69, 9.17) is 4.74 Å². The molecule has 1 heterocycles. The molecule has 1 saturated heterocycles. The van der Waals surface area contributed by atoms with Gasteiger partial charge in [-0.05, 0) is 53.6 Å². The molecule has 1 N–H and O–H groups in total. The Hall–Kier alpha value is -0.120. The Labute approximate surface area is 112 Å². The normalized spacial score (nSPS) is 30.2. The fraction of sp³-hybridized carbons (Fsp3) is 1.00. The second-order valence-corrected chi connectivity index (χ2v) is 7.00. The number of nitrogens with one attached hydrogen (secondary N) is 1. The first-order valence-corrected chi connectivity index (χ1v) is 7.50. The third-order valence-electron chi connectivity index (χ3n) is 4.86. The molecule has 2 rings (SSSR count). The van der Waals surface area contributed by atoms with Gasteiger partial charge in [0.1, 0.15) is 0 Å². The van der Waals surface area contributed by atoms with Gasteiger partial charge >= 0.3 is 0 Å². The van der Waals surface area contributed by atoms with Crippen LogP contribution >= 0.6 is 0 Å². The maximum absolute atomic E-state index is 6.03. The molecule has 0 aromatic heterocycles. The highest BCUT2D eigenvalue weighted by Crippen LogP contribution is 2.33. The van der Waals surface area contributed by atoms with Crippen LogP contribution in [0.5, 0.6) is 0 Å². The summed E-state index contributed by atoms with van der Waals surface area (Å²) in [5.74, 6) is 0. The molecule has 1 atom stereocenters. The molecule has 1 aliphatic carbocycles. The van der Waals surface area contributed by atoms with Crippen molar-refractivity contribution in [3.63, 3.8) is 0 Å². The predicted molar refractivity (Wildman–Crippen MR) is 75.9 cm³/mol. The van der Waals surface area contributed by atoms with Gasteiger partial charge in [-0.1, -0.05) is 12.8 Å². The van der Waals surface area contributed by atoms with Gasteiger partial charge in [-0.25, -0.2) is 0 Å². The van der Waals surface area contributed by atoms with Crippen LogP contribution < -0.4 is 5.32 Å². The minimum absolute atomic E-state index is 0.0962. The van der Waals surface area contributed by atoms with Crippen molar-refractivity contribution in [3.05, 3.63) is 0 Å². The number of hydrogen-bond donors (Lipinski definition) is 1. The fourth-order valence-corrected chi connectivity index (χ4v) is 3.50. The van der Waals surface area contributed by atoms with Crippen LogP contribution in [0.2, 0.25) is 0 Å². The zero-order chi connectivity index (χ0) is 13.2.